The zero-order valence-electron chi connectivity index (χ0n) is 14.9. The van der Waals surface area contributed by atoms with Crippen LogP contribution < -0.4 is 10.6 Å². The Morgan fingerprint density at radius 2 is 2.04 bits per heavy atom. The molecule has 138 valence electrons. The van der Waals surface area contributed by atoms with E-state index >= 15 is 0 Å². The van der Waals surface area contributed by atoms with Gasteiger partial charge < -0.3 is 10.6 Å². The van der Waals surface area contributed by atoms with Gasteiger partial charge >= 0.3 is 0 Å². The molecule has 0 radical (unpaired) electrons. The van der Waals surface area contributed by atoms with Crippen molar-refractivity contribution in [2.24, 2.45) is 0 Å². The van der Waals surface area contributed by atoms with Gasteiger partial charge in [0.25, 0.3) is 11.8 Å². The molecule has 1 aromatic heterocycles. The van der Waals surface area contributed by atoms with Crippen LogP contribution in [0.1, 0.15) is 19.4 Å². The van der Waals surface area contributed by atoms with Crippen LogP contribution in [-0.2, 0) is 15.3 Å². The molecular weight excluding hydrogens is 366 g/mol. The van der Waals surface area contributed by atoms with Gasteiger partial charge in [0.05, 0.1) is 0 Å². The maximum absolute atomic E-state index is 13.3. The smallest absolute Gasteiger partial charge is 0.276 e. The molecule has 2 aromatic rings. The maximum Gasteiger partial charge on any atom is 0.276 e. The monoisotopic (exact) mass is 383 g/mol. The second-order valence-electron chi connectivity index (χ2n) is 6.04. The molecule has 2 heterocycles. The molecule has 1 aliphatic heterocycles. The van der Waals surface area contributed by atoms with Crippen LogP contribution in [0.3, 0.4) is 0 Å². The molecule has 2 N–H and O–H groups in total. The zero-order chi connectivity index (χ0) is 19.6. The molecule has 3 rings (SSSR count). The number of halogens is 1. The van der Waals surface area contributed by atoms with Gasteiger partial charge in [0, 0.05) is 11.2 Å². The first-order chi connectivity index (χ1) is 12.9. The normalized spacial score (nSPS) is 19.8. The summed E-state index contributed by atoms with van der Waals surface area (Å²) in [4.78, 5) is 34.8. The van der Waals surface area contributed by atoms with Crippen molar-refractivity contribution in [1.82, 2.24) is 20.2 Å². The van der Waals surface area contributed by atoms with Crippen LogP contribution in [0.25, 0.3) is 0 Å². The third kappa shape index (κ3) is 3.41. The van der Waals surface area contributed by atoms with Gasteiger partial charge in [0.15, 0.2) is 0 Å². The van der Waals surface area contributed by atoms with E-state index in [-0.39, 0.29) is 11.4 Å². The molecule has 1 aromatic carbocycles. The van der Waals surface area contributed by atoms with E-state index in [1.807, 2.05) is 0 Å². The minimum atomic E-state index is -1.10. The SMILES string of the molecule is C=C1C(=O)NC(C)(c2ccc(Cl)cc2)N1C(=O)/C(=C\C)Nc1ccncn1. The maximum atomic E-state index is 13.3. The number of anilines is 1. The van der Waals surface area contributed by atoms with Crippen molar-refractivity contribution in [3.05, 3.63) is 77.5 Å². The molecule has 1 aliphatic rings. The molecule has 8 heteroatoms. The van der Waals surface area contributed by atoms with Crippen molar-refractivity contribution in [2.45, 2.75) is 19.5 Å². The lowest BCUT2D eigenvalue weighted by Gasteiger charge is -2.35. The Bertz CT molecular complexity index is 927. The van der Waals surface area contributed by atoms with Crippen LogP contribution in [0, 0.1) is 0 Å². The summed E-state index contributed by atoms with van der Waals surface area (Å²) in [6.45, 7) is 7.24. The molecular formula is C19H18ClN5O2. The summed E-state index contributed by atoms with van der Waals surface area (Å²) >= 11 is 5.97. The third-order valence-corrected chi connectivity index (χ3v) is 4.56. The van der Waals surface area contributed by atoms with Gasteiger partial charge in [-0.15, -0.1) is 0 Å². The Kier molecular flexibility index (Phi) is 4.96. The summed E-state index contributed by atoms with van der Waals surface area (Å²) in [7, 11) is 0. The van der Waals surface area contributed by atoms with Gasteiger partial charge in [0.2, 0.25) is 0 Å². The van der Waals surface area contributed by atoms with E-state index in [9.17, 15) is 9.59 Å². The molecule has 0 bridgehead atoms. The standard InChI is InChI=1S/C19H18ClN5O2/c1-4-15(23-16-9-10-21-11-22-16)18(27)25-12(2)17(26)24-19(25,3)13-5-7-14(20)8-6-13/h4-11H,2H2,1,3H3,(H,24,26)(H,21,22,23)/b15-4+. The van der Waals surface area contributed by atoms with Crippen LogP contribution in [0.5, 0.6) is 0 Å². The van der Waals surface area contributed by atoms with Crippen molar-refractivity contribution in [3.8, 4) is 0 Å². The van der Waals surface area contributed by atoms with Gasteiger partial charge in [-0.25, -0.2) is 9.97 Å². The van der Waals surface area contributed by atoms with Gasteiger partial charge in [0.1, 0.15) is 29.2 Å². The van der Waals surface area contributed by atoms with E-state index in [0.717, 1.165) is 0 Å². The fraction of sp³-hybridized carbons (Fsp3) is 0.158. The van der Waals surface area contributed by atoms with E-state index in [4.69, 9.17) is 11.6 Å². The molecule has 1 saturated heterocycles. The number of nitrogens with zero attached hydrogens (tertiary/aromatic N) is 3. The van der Waals surface area contributed by atoms with Crippen molar-refractivity contribution in [3.63, 3.8) is 0 Å². The highest BCUT2D eigenvalue weighted by molar-refractivity contribution is 6.30. The predicted octanol–water partition coefficient (Wildman–Crippen LogP) is 2.79. The van der Waals surface area contributed by atoms with Gasteiger partial charge in [-0.05, 0) is 37.6 Å². The number of aromatic nitrogens is 2. The molecule has 1 fully saturated rings. The van der Waals surface area contributed by atoms with Crippen LogP contribution in [0.15, 0.2) is 66.9 Å². The first kappa shape index (κ1) is 18.6. The Morgan fingerprint density at radius 1 is 1.33 bits per heavy atom. The second-order valence-corrected chi connectivity index (χ2v) is 6.48. The Hall–Kier alpha value is -3.19. The second kappa shape index (κ2) is 7.20. The highest BCUT2D eigenvalue weighted by Crippen LogP contribution is 2.35. The quantitative estimate of drug-likeness (QED) is 0.793. The fourth-order valence-electron chi connectivity index (χ4n) is 2.89. The van der Waals surface area contributed by atoms with E-state index < -0.39 is 17.5 Å². The van der Waals surface area contributed by atoms with Gasteiger partial charge in [-0.3, -0.25) is 14.5 Å². The lowest BCUT2D eigenvalue weighted by molar-refractivity contribution is -0.129. The molecule has 1 unspecified atom stereocenters. The van der Waals surface area contributed by atoms with E-state index in [1.165, 1.54) is 11.2 Å². The molecule has 0 spiro atoms. The Labute approximate surface area is 161 Å². The molecule has 1 atom stereocenters. The molecule has 27 heavy (non-hydrogen) atoms. The number of nitrogens with one attached hydrogen (secondary N) is 2. The minimum Gasteiger partial charge on any atom is -0.336 e. The Balaban J connectivity index is 1.97. The zero-order valence-corrected chi connectivity index (χ0v) is 15.6. The largest absolute Gasteiger partial charge is 0.336 e. The van der Waals surface area contributed by atoms with Crippen LogP contribution in [0.2, 0.25) is 5.02 Å². The van der Waals surface area contributed by atoms with Gasteiger partial charge in [-0.1, -0.05) is 36.4 Å². The number of allylic oxidation sites excluding steroid dienone is 1. The number of rotatable bonds is 4. The predicted molar refractivity (Wildman–Crippen MR) is 102 cm³/mol. The fourth-order valence-corrected chi connectivity index (χ4v) is 3.02. The number of carbonyl (C=O) groups excluding carboxylic acids is 2. The number of carbonyl (C=O) groups is 2. The van der Waals surface area contributed by atoms with Crippen LogP contribution in [-0.4, -0.2) is 26.7 Å². The van der Waals surface area contributed by atoms with E-state index in [1.54, 1.807) is 56.5 Å². The van der Waals surface area contributed by atoms with E-state index in [0.29, 0.717) is 16.4 Å². The lowest BCUT2D eigenvalue weighted by atomic mass is 10.00. The number of amides is 2. The van der Waals surface area contributed by atoms with Crippen LogP contribution >= 0.6 is 11.6 Å². The van der Waals surface area contributed by atoms with Gasteiger partial charge in [-0.2, -0.15) is 0 Å². The first-order valence-electron chi connectivity index (χ1n) is 8.18. The van der Waals surface area contributed by atoms with E-state index in [2.05, 4.69) is 27.2 Å². The average molecular weight is 384 g/mol. The topological polar surface area (TPSA) is 87.2 Å². The number of hydrogen-bond acceptors (Lipinski definition) is 5. The summed E-state index contributed by atoms with van der Waals surface area (Å²) < 4.78 is 0. The lowest BCUT2D eigenvalue weighted by Crippen LogP contribution is -2.49. The summed E-state index contributed by atoms with van der Waals surface area (Å²) in [5.74, 6) is -0.376. The molecule has 2 amide bonds. The number of benzene rings is 1. The Morgan fingerprint density at radius 3 is 2.63 bits per heavy atom. The summed E-state index contributed by atoms with van der Waals surface area (Å²) in [5.41, 5.74) is -0.0881. The average Bonchev–Trinajstić information content (AvgIpc) is 2.90. The van der Waals surface area contributed by atoms with Crippen molar-refractivity contribution >= 4 is 29.2 Å². The summed E-state index contributed by atoms with van der Waals surface area (Å²) in [6, 6.07) is 8.56. The molecule has 0 saturated carbocycles. The van der Waals surface area contributed by atoms with Crippen molar-refractivity contribution in [1.29, 1.82) is 0 Å². The van der Waals surface area contributed by atoms with Crippen LogP contribution in [0.4, 0.5) is 5.82 Å². The van der Waals surface area contributed by atoms with Crippen molar-refractivity contribution in [2.75, 3.05) is 5.32 Å². The number of hydrogen-bond donors (Lipinski definition) is 2. The third-order valence-electron chi connectivity index (χ3n) is 4.31. The first-order valence-corrected chi connectivity index (χ1v) is 8.56. The summed E-state index contributed by atoms with van der Waals surface area (Å²) in [6.07, 6.45) is 4.55. The van der Waals surface area contributed by atoms with Crippen molar-refractivity contribution < 1.29 is 9.59 Å². The summed E-state index contributed by atoms with van der Waals surface area (Å²) in [5, 5.41) is 6.35. The highest BCUT2D eigenvalue weighted by Gasteiger charge is 2.48. The molecule has 0 aliphatic carbocycles. The molecule has 7 nitrogen and oxygen atoms in total. The highest BCUT2D eigenvalue weighted by atomic mass is 35.5. The minimum absolute atomic E-state index is 0.0567.